The molecular weight excluding hydrogens is 218 g/mol. The van der Waals surface area contributed by atoms with Gasteiger partial charge in [-0.1, -0.05) is 11.6 Å². The summed E-state index contributed by atoms with van der Waals surface area (Å²) in [5.41, 5.74) is 3.28. The first-order valence-electron chi connectivity index (χ1n) is 4.64. The summed E-state index contributed by atoms with van der Waals surface area (Å²) >= 11 is 5.96. The zero-order chi connectivity index (χ0) is 10.7. The summed E-state index contributed by atoms with van der Waals surface area (Å²) in [6.45, 7) is 3.00. The van der Waals surface area contributed by atoms with Crippen LogP contribution in [0, 0.1) is 0 Å². The van der Waals surface area contributed by atoms with Gasteiger partial charge in [-0.05, 0) is 0 Å². The monoisotopic (exact) mass is 229 g/mol. The Bertz CT molecular complexity index is 342. The molecule has 0 unspecified atom stereocenters. The van der Waals surface area contributed by atoms with Crippen LogP contribution in [0.3, 0.4) is 0 Å². The van der Waals surface area contributed by atoms with Crippen molar-refractivity contribution in [1.29, 1.82) is 0 Å². The number of hydrazine groups is 1. The molecule has 0 bridgehead atoms. The summed E-state index contributed by atoms with van der Waals surface area (Å²) < 4.78 is 5.26. The minimum absolute atomic E-state index is 0.385. The normalized spacial score (nSPS) is 16.5. The van der Waals surface area contributed by atoms with Gasteiger partial charge in [0.2, 0.25) is 0 Å². The van der Waals surface area contributed by atoms with Crippen LogP contribution < -0.4 is 16.2 Å². The first kappa shape index (κ1) is 10.4. The summed E-state index contributed by atoms with van der Waals surface area (Å²) in [6, 6.07) is 1.78. The van der Waals surface area contributed by atoms with Crippen molar-refractivity contribution in [2.75, 3.05) is 36.6 Å². The van der Waals surface area contributed by atoms with Crippen LogP contribution in [0.15, 0.2) is 6.07 Å². The van der Waals surface area contributed by atoms with Gasteiger partial charge in [0.25, 0.3) is 0 Å². The fourth-order valence-corrected chi connectivity index (χ4v) is 1.68. The van der Waals surface area contributed by atoms with Crippen LogP contribution in [0.5, 0.6) is 0 Å². The summed E-state index contributed by atoms with van der Waals surface area (Å²) in [6.07, 6.45) is 0. The number of nitrogen functional groups attached to an aromatic ring is 1. The van der Waals surface area contributed by atoms with Gasteiger partial charge in [-0.25, -0.2) is 5.84 Å². The van der Waals surface area contributed by atoms with Gasteiger partial charge in [0.15, 0.2) is 11.0 Å². The van der Waals surface area contributed by atoms with Crippen molar-refractivity contribution in [2.45, 2.75) is 0 Å². The van der Waals surface area contributed by atoms with Crippen LogP contribution in [-0.2, 0) is 4.74 Å². The van der Waals surface area contributed by atoms with Crippen molar-refractivity contribution in [1.82, 2.24) is 10.2 Å². The molecule has 7 heteroatoms. The quantitative estimate of drug-likeness (QED) is 0.559. The molecule has 1 aliphatic heterocycles. The molecule has 0 atom stereocenters. The molecule has 0 spiro atoms. The first-order valence-corrected chi connectivity index (χ1v) is 5.01. The SMILES string of the molecule is NNc1cc(N2CCOCC2)c(Cl)nn1. The highest BCUT2D eigenvalue weighted by Gasteiger charge is 2.15. The number of morpholine rings is 1. The molecule has 1 saturated heterocycles. The van der Waals surface area contributed by atoms with E-state index in [0.29, 0.717) is 24.2 Å². The lowest BCUT2D eigenvalue weighted by molar-refractivity contribution is 0.122. The third-order valence-electron chi connectivity index (χ3n) is 2.23. The molecule has 0 saturated carbocycles. The Labute approximate surface area is 92.3 Å². The van der Waals surface area contributed by atoms with Gasteiger partial charge < -0.3 is 15.1 Å². The highest BCUT2D eigenvalue weighted by atomic mass is 35.5. The van der Waals surface area contributed by atoms with E-state index in [2.05, 4.69) is 20.5 Å². The molecule has 2 rings (SSSR count). The fourth-order valence-electron chi connectivity index (χ4n) is 1.46. The van der Waals surface area contributed by atoms with E-state index in [1.54, 1.807) is 6.07 Å². The molecule has 0 amide bonds. The average molecular weight is 230 g/mol. The third-order valence-corrected chi connectivity index (χ3v) is 2.50. The smallest absolute Gasteiger partial charge is 0.175 e. The van der Waals surface area contributed by atoms with Gasteiger partial charge in [-0.2, -0.15) is 0 Å². The standard InChI is InChI=1S/C8H12ClN5O/c9-8-6(5-7(11-10)12-13-8)14-1-3-15-4-2-14/h5H,1-4,10H2,(H,11,12). The van der Waals surface area contributed by atoms with Crippen molar-refractivity contribution in [3.63, 3.8) is 0 Å². The molecule has 1 aliphatic rings. The number of anilines is 2. The number of nitrogens with one attached hydrogen (secondary N) is 1. The zero-order valence-electron chi connectivity index (χ0n) is 8.11. The summed E-state index contributed by atoms with van der Waals surface area (Å²) in [7, 11) is 0. The minimum Gasteiger partial charge on any atom is -0.378 e. The first-order chi connectivity index (χ1) is 7.31. The van der Waals surface area contributed by atoms with E-state index in [-0.39, 0.29) is 0 Å². The second-order valence-corrected chi connectivity index (χ2v) is 3.51. The van der Waals surface area contributed by atoms with Crippen LogP contribution in [0.4, 0.5) is 11.5 Å². The Morgan fingerprint density at radius 2 is 2.13 bits per heavy atom. The average Bonchev–Trinajstić information content (AvgIpc) is 2.31. The van der Waals surface area contributed by atoms with Crippen molar-refractivity contribution >= 4 is 23.1 Å². The van der Waals surface area contributed by atoms with Gasteiger partial charge in [-0.15, -0.1) is 10.2 Å². The number of aromatic nitrogens is 2. The van der Waals surface area contributed by atoms with Crippen LogP contribution in [0.1, 0.15) is 0 Å². The molecule has 0 aromatic carbocycles. The van der Waals surface area contributed by atoms with E-state index in [4.69, 9.17) is 22.2 Å². The topological polar surface area (TPSA) is 76.3 Å². The van der Waals surface area contributed by atoms with Gasteiger partial charge in [0.05, 0.1) is 18.9 Å². The number of ether oxygens (including phenoxy) is 1. The molecule has 3 N–H and O–H groups in total. The van der Waals surface area contributed by atoms with Gasteiger partial charge in [0, 0.05) is 19.2 Å². The molecule has 15 heavy (non-hydrogen) atoms. The number of nitrogens with zero attached hydrogens (tertiary/aromatic N) is 3. The molecule has 6 nitrogen and oxygen atoms in total. The van der Waals surface area contributed by atoms with Crippen molar-refractivity contribution < 1.29 is 4.74 Å². The lowest BCUT2D eigenvalue weighted by Gasteiger charge is -2.29. The maximum absolute atomic E-state index is 5.96. The number of nitrogens with two attached hydrogens (primary N) is 1. The molecule has 2 heterocycles. The van der Waals surface area contributed by atoms with E-state index in [1.807, 2.05) is 0 Å². The van der Waals surface area contributed by atoms with E-state index in [0.717, 1.165) is 18.8 Å². The Balaban J connectivity index is 2.24. The lowest BCUT2D eigenvalue weighted by Crippen LogP contribution is -2.36. The summed E-state index contributed by atoms with van der Waals surface area (Å²) in [4.78, 5) is 2.10. The van der Waals surface area contributed by atoms with E-state index in [9.17, 15) is 0 Å². The summed E-state index contributed by atoms with van der Waals surface area (Å²) in [5.74, 6) is 5.76. The lowest BCUT2D eigenvalue weighted by atomic mass is 10.3. The van der Waals surface area contributed by atoms with E-state index in [1.165, 1.54) is 0 Å². The van der Waals surface area contributed by atoms with Crippen LogP contribution >= 0.6 is 11.6 Å². The minimum atomic E-state index is 0.385. The molecule has 0 radical (unpaired) electrons. The molecule has 1 aromatic rings. The van der Waals surface area contributed by atoms with E-state index < -0.39 is 0 Å². The van der Waals surface area contributed by atoms with Crippen molar-refractivity contribution in [3.05, 3.63) is 11.2 Å². The maximum atomic E-state index is 5.96. The van der Waals surface area contributed by atoms with Crippen molar-refractivity contribution in [2.24, 2.45) is 5.84 Å². The van der Waals surface area contributed by atoms with Crippen LogP contribution in [-0.4, -0.2) is 36.5 Å². The second-order valence-electron chi connectivity index (χ2n) is 3.15. The predicted octanol–water partition coefficient (Wildman–Crippen LogP) is 0.252. The molecule has 1 aromatic heterocycles. The highest BCUT2D eigenvalue weighted by Crippen LogP contribution is 2.25. The Morgan fingerprint density at radius 1 is 1.40 bits per heavy atom. The second kappa shape index (κ2) is 4.61. The Hall–Kier alpha value is -1.11. The van der Waals surface area contributed by atoms with Gasteiger partial charge >= 0.3 is 0 Å². The fraction of sp³-hybridized carbons (Fsp3) is 0.500. The highest BCUT2D eigenvalue weighted by molar-refractivity contribution is 6.32. The van der Waals surface area contributed by atoms with E-state index >= 15 is 0 Å². The number of halogens is 1. The van der Waals surface area contributed by atoms with Gasteiger partial charge in [0.1, 0.15) is 0 Å². The number of rotatable bonds is 2. The number of hydrogen-bond donors (Lipinski definition) is 2. The van der Waals surface area contributed by atoms with Crippen LogP contribution in [0.2, 0.25) is 5.15 Å². The Morgan fingerprint density at radius 3 is 2.80 bits per heavy atom. The predicted molar refractivity (Wildman–Crippen MR) is 57.9 cm³/mol. The van der Waals surface area contributed by atoms with Gasteiger partial charge in [-0.3, -0.25) is 0 Å². The zero-order valence-corrected chi connectivity index (χ0v) is 8.87. The Kier molecular flexibility index (Phi) is 3.20. The molecular formula is C8H12ClN5O. The molecule has 82 valence electrons. The molecule has 0 aliphatic carbocycles. The van der Waals surface area contributed by atoms with Crippen LogP contribution in [0.25, 0.3) is 0 Å². The summed E-state index contributed by atoms with van der Waals surface area (Å²) in [5, 5.41) is 7.98. The third kappa shape index (κ3) is 2.28. The number of hydrogen-bond acceptors (Lipinski definition) is 6. The molecule has 1 fully saturated rings. The maximum Gasteiger partial charge on any atom is 0.175 e. The largest absolute Gasteiger partial charge is 0.378 e. The van der Waals surface area contributed by atoms with Crippen molar-refractivity contribution in [3.8, 4) is 0 Å².